The van der Waals surface area contributed by atoms with Gasteiger partial charge in [-0.1, -0.05) is 29.8 Å². The van der Waals surface area contributed by atoms with Gasteiger partial charge in [0, 0.05) is 6.54 Å². The average Bonchev–Trinajstić information content (AvgIpc) is 2.70. The third-order valence-corrected chi connectivity index (χ3v) is 3.21. The van der Waals surface area contributed by atoms with Gasteiger partial charge in [0.2, 0.25) is 0 Å². The number of aryl methyl sites for hydroxylation is 1. The molecule has 1 saturated heterocycles. The van der Waals surface area contributed by atoms with Gasteiger partial charge in [0.05, 0.1) is 6.04 Å². The Morgan fingerprint density at radius 3 is 2.89 bits per heavy atom. The number of carboxylic acid groups (broad SMARTS) is 1. The van der Waals surface area contributed by atoms with E-state index < -0.39 is 12.0 Å². The standard InChI is InChI=1S/C13H16N2O3/c1-8-4-3-5-10(6-8)11-7-15(13(18)14-11)9(2)12(16)17/h3-6,9,11H,7H2,1-2H3,(H,14,18)(H,16,17). The zero-order chi connectivity index (χ0) is 13.3. The van der Waals surface area contributed by atoms with Crippen LogP contribution < -0.4 is 5.32 Å². The van der Waals surface area contributed by atoms with Crippen LogP contribution in [0.25, 0.3) is 0 Å². The van der Waals surface area contributed by atoms with Gasteiger partial charge < -0.3 is 15.3 Å². The summed E-state index contributed by atoms with van der Waals surface area (Å²) in [6.45, 7) is 3.88. The molecule has 1 aliphatic rings. The van der Waals surface area contributed by atoms with E-state index in [0.717, 1.165) is 11.1 Å². The summed E-state index contributed by atoms with van der Waals surface area (Å²) in [5.41, 5.74) is 2.12. The minimum Gasteiger partial charge on any atom is -0.480 e. The number of carbonyl (C=O) groups excluding carboxylic acids is 1. The van der Waals surface area contributed by atoms with Crippen molar-refractivity contribution in [2.75, 3.05) is 6.54 Å². The van der Waals surface area contributed by atoms with Gasteiger partial charge in [-0.05, 0) is 19.4 Å². The smallest absolute Gasteiger partial charge is 0.326 e. The van der Waals surface area contributed by atoms with Crippen molar-refractivity contribution in [3.63, 3.8) is 0 Å². The van der Waals surface area contributed by atoms with E-state index in [9.17, 15) is 9.59 Å². The molecule has 2 atom stereocenters. The number of hydrogen-bond donors (Lipinski definition) is 2. The van der Waals surface area contributed by atoms with Crippen molar-refractivity contribution in [3.8, 4) is 0 Å². The van der Waals surface area contributed by atoms with E-state index >= 15 is 0 Å². The van der Waals surface area contributed by atoms with Crippen LogP contribution >= 0.6 is 0 Å². The molecule has 2 N–H and O–H groups in total. The Hall–Kier alpha value is -2.04. The molecule has 0 saturated carbocycles. The number of carboxylic acids is 1. The third-order valence-electron chi connectivity index (χ3n) is 3.21. The quantitative estimate of drug-likeness (QED) is 0.852. The van der Waals surface area contributed by atoms with Crippen LogP contribution in [0.2, 0.25) is 0 Å². The van der Waals surface area contributed by atoms with Crippen molar-refractivity contribution < 1.29 is 14.7 Å². The molecule has 96 valence electrons. The predicted molar refractivity (Wildman–Crippen MR) is 66.3 cm³/mol. The predicted octanol–water partition coefficient (Wildman–Crippen LogP) is 1.53. The van der Waals surface area contributed by atoms with E-state index in [2.05, 4.69) is 5.32 Å². The van der Waals surface area contributed by atoms with Crippen molar-refractivity contribution in [2.45, 2.75) is 25.9 Å². The van der Waals surface area contributed by atoms with Crippen LogP contribution in [-0.2, 0) is 4.79 Å². The number of urea groups is 1. The van der Waals surface area contributed by atoms with E-state index in [-0.39, 0.29) is 12.1 Å². The summed E-state index contributed by atoms with van der Waals surface area (Å²) in [6.07, 6.45) is 0. The second-order valence-electron chi connectivity index (χ2n) is 4.58. The third kappa shape index (κ3) is 2.30. The Labute approximate surface area is 105 Å². The molecular formula is C13H16N2O3. The van der Waals surface area contributed by atoms with Gasteiger partial charge in [-0.15, -0.1) is 0 Å². The maximum atomic E-state index is 11.7. The van der Waals surface area contributed by atoms with Crippen LogP contribution in [-0.4, -0.2) is 34.6 Å². The first-order valence-corrected chi connectivity index (χ1v) is 5.85. The molecule has 0 aromatic heterocycles. The second-order valence-corrected chi connectivity index (χ2v) is 4.58. The maximum absolute atomic E-state index is 11.7. The van der Waals surface area contributed by atoms with Gasteiger partial charge >= 0.3 is 12.0 Å². The molecule has 1 heterocycles. The Morgan fingerprint density at radius 2 is 2.28 bits per heavy atom. The molecule has 1 aromatic carbocycles. The number of benzene rings is 1. The molecule has 1 aliphatic heterocycles. The molecule has 2 unspecified atom stereocenters. The second kappa shape index (κ2) is 4.68. The Morgan fingerprint density at radius 1 is 1.56 bits per heavy atom. The van der Waals surface area contributed by atoms with Crippen molar-refractivity contribution in [1.82, 2.24) is 10.2 Å². The van der Waals surface area contributed by atoms with Gasteiger partial charge in [-0.2, -0.15) is 0 Å². The zero-order valence-electron chi connectivity index (χ0n) is 10.4. The Bertz CT molecular complexity index is 487. The summed E-state index contributed by atoms with van der Waals surface area (Å²) >= 11 is 0. The summed E-state index contributed by atoms with van der Waals surface area (Å²) in [4.78, 5) is 24.0. The lowest BCUT2D eigenvalue weighted by molar-refractivity contribution is -0.141. The molecule has 2 rings (SSSR count). The van der Waals surface area contributed by atoms with Crippen LogP contribution in [0, 0.1) is 6.92 Å². The fourth-order valence-corrected chi connectivity index (χ4v) is 2.10. The fraction of sp³-hybridized carbons (Fsp3) is 0.385. The number of aliphatic carboxylic acids is 1. The van der Waals surface area contributed by atoms with Gasteiger partial charge in [0.1, 0.15) is 6.04 Å². The van der Waals surface area contributed by atoms with Crippen molar-refractivity contribution >= 4 is 12.0 Å². The number of nitrogens with one attached hydrogen (secondary N) is 1. The van der Waals surface area contributed by atoms with Crippen molar-refractivity contribution in [3.05, 3.63) is 35.4 Å². The van der Waals surface area contributed by atoms with Crippen LogP contribution in [0.4, 0.5) is 4.79 Å². The minimum absolute atomic E-state index is 0.140. The molecule has 1 aromatic rings. The van der Waals surface area contributed by atoms with Crippen molar-refractivity contribution in [2.24, 2.45) is 0 Å². The molecule has 2 amide bonds. The van der Waals surface area contributed by atoms with Gasteiger partial charge in [0.15, 0.2) is 0 Å². The van der Waals surface area contributed by atoms with Gasteiger partial charge in [-0.3, -0.25) is 0 Å². The number of nitrogens with zero attached hydrogens (tertiary/aromatic N) is 1. The van der Waals surface area contributed by atoms with E-state index in [4.69, 9.17) is 5.11 Å². The molecule has 0 bridgehead atoms. The Balaban J connectivity index is 2.16. The average molecular weight is 248 g/mol. The van der Waals surface area contributed by atoms with Crippen LogP contribution in [0.15, 0.2) is 24.3 Å². The normalized spacial score (nSPS) is 20.7. The first kappa shape index (κ1) is 12.4. The molecule has 5 heteroatoms. The molecule has 0 aliphatic carbocycles. The highest BCUT2D eigenvalue weighted by molar-refractivity contribution is 5.84. The molecule has 0 radical (unpaired) electrons. The Kier molecular flexibility index (Phi) is 3.23. The monoisotopic (exact) mass is 248 g/mol. The summed E-state index contributed by atoms with van der Waals surface area (Å²) in [5, 5.41) is 11.7. The van der Waals surface area contributed by atoms with Gasteiger partial charge in [0.25, 0.3) is 0 Å². The highest BCUT2D eigenvalue weighted by Gasteiger charge is 2.35. The van der Waals surface area contributed by atoms with Crippen molar-refractivity contribution in [1.29, 1.82) is 0 Å². The SMILES string of the molecule is Cc1cccc(C2CN(C(C)C(=O)O)C(=O)N2)c1. The van der Waals surface area contributed by atoms with Crippen LogP contribution in [0.1, 0.15) is 24.1 Å². The summed E-state index contributed by atoms with van der Waals surface area (Å²) in [5.74, 6) is -0.991. The van der Waals surface area contributed by atoms with Gasteiger partial charge in [-0.25, -0.2) is 9.59 Å². The number of rotatable bonds is 3. The molecule has 5 nitrogen and oxygen atoms in total. The molecular weight excluding hydrogens is 232 g/mol. The summed E-state index contributed by atoms with van der Waals surface area (Å²) < 4.78 is 0. The summed E-state index contributed by atoms with van der Waals surface area (Å²) in [6, 6.07) is 6.58. The lowest BCUT2D eigenvalue weighted by Gasteiger charge is -2.19. The van der Waals surface area contributed by atoms with Crippen LogP contribution in [0.5, 0.6) is 0 Å². The van der Waals surface area contributed by atoms with E-state index in [1.165, 1.54) is 11.8 Å². The summed E-state index contributed by atoms with van der Waals surface area (Å²) in [7, 11) is 0. The minimum atomic E-state index is -0.991. The lowest BCUT2D eigenvalue weighted by atomic mass is 10.1. The first-order chi connectivity index (χ1) is 8.49. The largest absolute Gasteiger partial charge is 0.480 e. The first-order valence-electron chi connectivity index (χ1n) is 5.85. The maximum Gasteiger partial charge on any atom is 0.326 e. The fourth-order valence-electron chi connectivity index (χ4n) is 2.10. The van der Waals surface area contributed by atoms with E-state index in [1.54, 1.807) is 0 Å². The zero-order valence-corrected chi connectivity index (χ0v) is 10.4. The number of amides is 2. The molecule has 1 fully saturated rings. The van der Waals surface area contributed by atoms with E-state index in [0.29, 0.717) is 6.54 Å². The highest BCUT2D eigenvalue weighted by atomic mass is 16.4. The highest BCUT2D eigenvalue weighted by Crippen LogP contribution is 2.22. The molecule has 0 spiro atoms. The van der Waals surface area contributed by atoms with E-state index in [1.807, 2.05) is 31.2 Å². The van der Waals surface area contributed by atoms with Crippen LogP contribution in [0.3, 0.4) is 0 Å². The topological polar surface area (TPSA) is 69.6 Å². The molecule has 18 heavy (non-hydrogen) atoms. The number of carbonyl (C=O) groups is 2. The number of hydrogen-bond acceptors (Lipinski definition) is 2. The lowest BCUT2D eigenvalue weighted by Crippen LogP contribution is -2.40.